The van der Waals surface area contributed by atoms with E-state index in [1.807, 2.05) is 0 Å². The Morgan fingerprint density at radius 3 is 2.33 bits per heavy atom. The first-order valence-corrected chi connectivity index (χ1v) is 10.5. The topological polar surface area (TPSA) is 49.9 Å². The third-order valence-electron chi connectivity index (χ3n) is 4.48. The van der Waals surface area contributed by atoms with Crippen LogP contribution in [-0.4, -0.2) is 50.9 Å². The van der Waals surface area contributed by atoms with Crippen LogP contribution in [0.3, 0.4) is 0 Å². The third kappa shape index (κ3) is 4.55. The van der Waals surface area contributed by atoms with Gasteiger partial charge in [0, 0.05) is 32.7 Å². The van der Waals surface area contributed by atoms with Crippen LogP contribution in [0.2, 0.25) is 10.0 Å². The molecule has 0 bridgehead atoms. The molecule has 0 radical (unpaired) electrons. The van der Waals surface area contributed by atoms with Gasteiger partial charge in [-0.25, -0.2) is 12.8 Å². The Balaban J connectivity index is 1.64. The summed E-state index contributed by atoms with van der Waals surface area (Å²) >= 11 is 11.8. The number of methoxy groups -OCH3 is 1. The lowest BCUT2D eigenvalue weighted by atomic mass is 10.2. The first kappa shape index (κ1) is 20.4. The van der Waals surface area contributed by atoms with Crippen LogP contribution in [0.15, 0.2) is 41.3 Å². The van der Waals surface area contributed by atoms with Crippen LogP contribution in [0.25, 0.3) is 0 Å². The van der Waals surface area contributed by atoms with Crippen LogP contribution in [0.1, 0.15) is 5.56 Å². The third-order valence-corrected chi connectivity index (χ3v) is 7.12. The molecule has 0 aromatic heterocycles. The molecule has 0 unspecified atom stereocenters. The molecule has 1 aliphatic rings. The highest BCUT2D eigenvalue weighted by molar-refractivity contribution is 7.89. The van der Waals surface area contributed by atoms with Gasteiger partial charge in [0.15, 0.2) is 11.6 Å². The van der Waals surface area contributed by atoms with Gasteiger partial charge in [-0.05, 0) is 35.9 Å². The zero-order chi connectivity index (χ0) is 19.6. The molecule has 0 aliphatic carbocycles. The Morgan fingerprint density at radius 2 is 1.74 bits per heavy atom. The summed E-state index contributed by atoms with van der Waals surface area (Å²) in [5.74, 6) is -0.202. The monoisotopic (exact) mass is 432 g/mol. The molecular formula is C18H19Cl2FN2O3S. The molecular weight excluding hydrogens is 414 g/mol. The summed E-state index contributed by atoms with van der Waals surface area (Å²) in [5.41, 5.74) is 0.814. The van der Waals surface area contributed by atoms with Crippen molar-refractivity contribution in [2.75, 3.05) is 33.3 Å². The largest absolute Gasteiger partial charge is 0.494 e. The molecule has 9 heteroatoms. The Hall–Kier alpha value is -1.38. The number of piperazine rings is 1. The first-order chi connectivity index (χ1) is 12.8. The zero-order valence-electron chi connectivity index (χ0n) is 14.7. The van der Waals surface area contributed by atoms with Crippen molar-refractivity contribution in [2.45, 2.75) is 11.4 Å². The van der Waals surface area contributed by atoms with Crippen molar-refractivity contribution in [1.82, 2.24) is 9.21 Å². The summed E-state index contributed by atoms with van der Waals surface area (Å²) in [4.78, 5) is 2.21. The Labute approximate surface area is 168 Å². The number of nitrogens with zero attached hydrogens (tertiary/aromatic N) is 2. The minimum atomic E-state index is -3.63. The smallest absolute Gasteiger partial charge is 0.243 e. The Kier molecular flexibility index (Phi) is 6.28. The molecule has 146 valence electrons. The van der Waals surface area contributed by atoms with Crippen LogP contribution in [0.5, 0.6) is 5.75 Å². The van der Waals surface area contributed by atoms with Crippen molar-refractivity contribution < 1.29 is 17.5 Å². The van der Waals surface area contributed by atoms with Crippen LogP contribution < -0.4 is 4.74 Å². The van der Waals surface area contributed by atoms with Crippen molar-refractivity contribution in [1.29, 1.82) is 0 Å². The summed E-state index contributed by atoms with van der Waals surface area (Å²) in [6.45, 7) is 2.34. The van der Waals surface area contributed by atoms with E-state index in [0.29, 0.717) is 37.7 Å². The van der Waals surface area contributed by atoms with Crippen LogP contribution in [0.4, 0.5) is 4.39 Å². The first-order valence-electron chi connectivity index (χ1n) is 8.31. The lowest BCUT2D eigenvalue weighted by Crippen LogP contribution is -2.48. The second-order valence-electron chi connectivity index (χ2n) is 6.23. The molecule has 0 atom stereocenters. The standard InChI is InChI=1S/C18H19Cl2FN2O3S/c1-26-18-5-2-13(10-17(18)21)12-22-6-8-23(9-7-22)27(24,25)14-3-4-15(19)16(20)11-14/h2-5,10-11H,6-9,12H2,1H3. The van der Waals surface area contributed by atoms with Gasteiger partial charge in [0.1, 0.15) is 0 Å². The highest BCUT2D eigenvalue weighted by atomic mass is 35.5. The van der Waals surface area contributed by atoms with E-state index in [0.717, 1.165) is 5.56 Å². The SMILES string of the molecule is COc1ccc(CN2CCN(S(=O)(=O)c3ccc(Cl)c(Cl)c3)CC2)cc1F. The van der Waals surface area contributed by atoms with Gasteiger partial charge in [-0.2, -0.15) is 4.31 Å². The molecule has 5 nitrogen and oxygen atoms in total. The molecule has 3 rings (SSSR count). The highest BCUT2D eigenvalue weighted by Gasteiger charge is 2.29. The number of halogens is 3. The fourth-order valence-electron chi connectivity index (χ4n) is 2.98. The zero-order valence-corrected chi connectivity index (χ0v) is 17.0. The van der Waals surface area contributed by atoms with Gasteiger partial charge in [-0.3, -0.25) is 4.90 Å². The molecule has 2 aromatic carbocycles. The summed E-state index contributed by atoms with van der Waals surface area (Å²) < 4.78 is 45.7. The lowest BCUT2D eigenvalue weighted by molar-refractivity contribution is 0.181. The Bertz CT molecular complexity index is 932. The summed E-state index contributed by atoms with van der Waals surface area (Å²) in [6.07, 6.45) is 0. The van der Waals surface area contributed by atoms with E-state index in [1.165, 1.54) is 35.7 Å². The van der Waals surface area contributed by atoms with Crippen molar-refractivity contribution in [3.63, 3.8) is 0 Å². The van der Waals surface area contributed by atoms with E-state index in [2.05, 4.69) is 4.90 Å². The normalized spacial score (nSPS) is 16.4. The molecule has 0 spiro atoms. The number of ether oxygens (including phenoxy) is 1. The van der Waals surface area contributed by atoms with Crippen LogP contribution >= 0.6 is 23.2 Å². The maximum absolute atomic E-state index is 13.8. The second-order valence-corrected chi connectivity index (χ2v) is 8.98. The van der Waals surface area contributed by atoms with Crippen LogP contribution in [-0.2, 0) is 16.6 Å². The quantitative estimate of drug-likeness (QED) is 0.723. The van der Waals surface area contributed by atoms with Gasteiger partial charge < -0.3 is 4.74 Å². The molecule has 0 saturated carbocycles. The second kappa shape index (κ2) is 8.32. The predicted molar refractivity (Wildman–Crippen MR) is 103 cm³/mol. The highest BCUT2D eigenvalue weighted by Crippen LogP contribution is 2.27. The van der Waals surface area contributed by atoms with E-state index in [-0.39, 0.29) is 15.7 Å². The van der Waals surface area contributed by atoms with E-state index in [4.69, 9.17) is 27.9 Å². The molecule has 1 saturated heterocycles. The van der Waals surface area contributed by atoms with Gasteiger partial charge in [0.25, 0.3) is 0 Å². The maximum atomic E-state index is 13.8. The lowest BCUT2D eigenvalue weighted by Gasteiger charge is -2.34. The maximum Gasteiger partial charge on any atom is 0.243 e. The van der Waals surface area contributed by atoms with Crippen molar-refractivity contribution in [3.05, 3.63) is 57.8 Å². The summed E-state index contributed by atoms with van der Waals surface area (Å²) in [5, 5.41) is 0.519. The van der Waals surface area contributed by atoms with Crippen molar-refractivity contribution >= 4 is 33.2 Å². The minimum Gasteiger partial charge on any atom is -0.494 e. The van der Waals surface area contributed by atoms with E-state index in [9.17, 15) is 12.8 Å². The average molecular weight is 433 g/mol. The van der Waals surface area contributed by atoms with Crippen molar-refractivity contribution in [3.8, 4) is 5.75 Å². The molecule has 0 amide bonds. The molecule has 0 N–H and O–H groups in total. The van der Waals surface area contributed by atoms with E-state index in [1.54, 1.807) is 12.1 Å². The summed E-state index contributed by atoms with van der Waals surface area (Å²) in [6, 6.07) is 9.14. The van der Waals surface area contributed by atoms with Gasteiger partial charge in [0.2, 0.25) is 10.0 Å². The average Bonchev–Trinajstić information content (AvgIpc) is 2.64. The van der Waals surface area contributed by atoms with Crippen LogP contribution in [0, 0.1) is 5.82 Å². The number of benzene rings is 2. The minimum absolute atomic E-state index is 0.127. The molecule has 1 fully saturated rings. The molecule has 2 aromatic rings. The van der Waals surface area contributed by atoms with Gasteiger partial charge in [-0.1, -0.05) is 29.3 Å². The van der Waals surface area contributed by atoms with E-state index >= 15 is 0 Å². The summed E-state index contributed by atoms with van der Waals surface area (Å²) in [7, 11) is -2.20. The molecule has 1 heterocycles. The number of hydrogen-bond donors (Lipinski definition) is 0. The molecule has 27 heavy (non-hydrogen) atoms. The fraction of sp³-hybridized carbons (Fsp3) is 0.333. The van der Waals surface area contributed by atoms with Crippen molar-refractivity contribution in [2.24, 2.45) is 0 Å². The predicted octanol–water partition coefficient (Wildman–Crippen LogP) is 3.65. The number of rotatable bonds is 5. The Morgan fingerprint density at radius 1 is 1.04 bits per heavy atom. The number of sulfonamides is 1. The van der Waals surface area contributed by atoms with Gasteiger partial charge in [-0.15, -0.1) is 0 Å². The van der Waals surface area contributed by atoms with Gasteiger partial charge in [0.05, 0.1) is 22.1 Å². The molecule has 1 aliphatic heterocycles. The van der Waals surface area contributed by atoms with E-state index < -0.39 is 15.8 Å². The number of hydrogen-bond acceptors (Lipinski definition) is 4. The fourth-order valence-corrected chi connectivity index (χ4v) is 4.79. The van der Waals surface area contributed by atoms with Gasteiger partial charge >= 0.3 is 0 Å².